The van der Waals surface area contributed by atoms with Crippen LogP contribution in [0.2, 0.25) is 0 Å². The van der Waals surface area contributed by atoms with E-state index < -0.39 is 30.1 Å². The first kappa shape index (κ1) is 27.2. The molecule has 1 saturated carbocycles. The van der Waals surface area contributed by atoms with Crippen LogP contribution in [0.15, 0.2) is 12.1 Å². The van der Waals surface area contributed by atoms with Gasteiger partial charge in [-0.3, -0.25) is 4.79 Å². The van der Waals surface area contributed by atoms with Gasteiger partial charge in [-0.1, -0.05) is 0 Å². The monoisotopic (exact) mass is 501 g/mol. The fourth-order valence-electron chi connectivity index (χ4n) is 4.41. The molecule has 35 heavy (non-hydrogen) atoms. The molecular formula is C24H34F3N3O5. The molecule has 2 amide bonds. The van der Waals surface area contributed by atoms with Crippen molar-refractivity contribution in [1.29, 1.82) is 0 Å². The molecule has 2 heterocycles. The third-order valence-electron chi connectivity index (χ3n) is 6.33. The highest BCUT2D eigenvalue weighted by Crippen LogP contribution is 2.38. The number of nitrogens with zero attached hydrogens (tertiary/aromatic N) is 2. The van der Waals surface area contributed by atoms with E-state index in [1.165, 1.54) is 7.11 Å². The average Bonchev–Trinajstić information content (AvgIpc) is 3.66. The Kier molecular flexibility index (Phi) is 9.34. The molecule has 0 radical (unpaired) electrons. The van der Waals surface area contributed by atoms with Crippen LogP contribution in [0.3, 0.4) is 0 Å². The number of carbonyl (C=O) groups excluding carboxylic acids is 2. The van der Waals surface area contributed by atoms with Crippen LogP contribution in [-0.4, -0.2) is 67.5 Å². The summed E-state index contributed by atoms with van der Waals surface area (Å²) in [5, 5.41) is 2.50. The number of carbonyl (C=O) groups is 2. The van der Waals surface area contributed by atoms with Crippen molar-refractivity contribution in [1.82, 2.24) is 15.2 Å². The highest BCUT2D eigenvalue weighted by molar-refractivity contribution is 5.82. The first-order valence-corrected chi connectivity index (χ1v) is 12.0. The Labute approximate surface area is 203 Å². The minimum absolute atomic E-state index is 0.0147. The number of halogens is 3. The van der Waals surface area contributed by atoms with Gasteiger partial charge in [0.05, 0.1) is 25.9 Å². The second-order valence-corrected chi connectivity index (χ2v) is 9.08. The van der Waals surface area contributed by atoms with Gasteiger partial charge in [-0.2, -0.15) is 13.2 Å². The van der Waals surface area contributed by atoms with Gasteiger partial charge in [0, 0.05) is 25.4 Å². The van der Waals surface area contributed by atoms with E-state index in [0.29, 0.717) is 25.0 Å². The molecule has 0 spiro atoms. The lowest BCUT2D eigenvalue weighted by atomic mass is 10.00. The number of methoxy groups -OCH3 is 2. The van der Waals surface area contributed by atoms with E-state index in [0.717, 1.165) is 31.7 Å². The van der Waals surface area contributed by atoms with E-state index in [4.69, 9.17) is 9.47 Å². The molecule has 1 aliphatic carbocycles. The number of ether oxygens (including phenoxy) is 3. The Hall–Kier alpha value is -2.40. The van der Waals surface area contributed by atoms with Gasteiger partial charge in [-0.15, -0.1) is 0 Å². The minimum atomic E-state index is -4.62. The van der Waals surface area contributed by atoms with Gasteiger partial charge < -0.3 is 24.4 Å². The molecule has 1 saturated heterocycles. The third-order valence-corrected chi connectivity index (χ3v) is 6.33. The van der Waals surface area contributed by atoms with Crippen LogP contribution >= 0.6 is 0 Å². The molecule has 196 valence electrons. The number of amides is 2. The fourth-order valence-corrected chi connectivity index (χ4v) is 4.41. The average molecular weight is 502 g/mol. The molecule has 0 aromatic carbocycles. The molecule has 8 nitrogen and oxygen atoms in total. The van der Waals surface area contributed by atoms with E-state index in [9.17, 15) is 22.8 Å². The van der Waals surface area contributed by atoms with Crippen molar-refractivity contribution in [2.24, 2.45) is 0 Å². The molecule has 0 bridgehead atoms. The molecule has 3 atom stereocenters. The van der Waals surface area contributed by atoms with Gasteiger partial charge in [0.15, 0.2) is 0 Å². The number of alkyl carbamates (subject to hydrolysis) is 1. The second-order valence-electron chi connectivity index (χ2n) is 9.08. The summed E-state index contributed by atoms with van der Waals surface area (Å²) in [6.07, 6.45) is -1.55. The van der Waals surface area contributed by atoms with Crippen LogP contribution in [0.5, 0.6) is 0 Å². The SMILES string of the molecule is COC[C@@H]1CCC[C@H](C(=O)N(C2CC2)[C@H](C)c2cc(CCCNC(=O)OC)nc(C(F)(F)F)c2)O1. The Morgan fingerprint density at radius 1 is 1.23 bits per heavy atom. The summed E-state index contributed by atoms with van der Waals surface area (Å²) in [4.78, 5) is 30.2. The number of nitrogens with one attached hydrogen (secondary N) is 1. The zero-order valence-corrected chi connectivity index (χ0v) is 20.4. The maximum absolute atomic E-state index is 13.6. The van der Waals surface area contributed by atoms with Crippen molar-refractivity contribution in [3.8, 4) is 0 Å². The number of rotatable bonds is 10. The zero-order chi connectivity index (χ0) is 25.6. The summed E-state index contributed by atoms with van der Waals surface area (Å²) in [5.74, 6) is -0.185. The fraction of sp³-hybridized carbons (Fsp3) is 0.708. The number of aromatic nitrogens is 1. The van der Waals surface area contributed by atoms with Crippen molar-refractivity contribution < 1.29 is 37.0 Å². The van der Waals surface area contributed by atoms with E-state index >= 15 is 0 Å². The lowest BCUT2D eigenvalue weighted by Gasteiger charge is -2.36. The largest absolute Gasteiger partial charge is 0.453 e. The van der Waals surface area contributed by atoms with E-state index in [1.807, 2.05) is 0 Å². The van der Waals surface area contributed by atoms with Crippen molar-refractivity contribution in [3.63, 3.8) is 0 Å². The van der Waals surface area contributed by atoms with Gasteiger partial charge in [0.2, 0.25) is 0 Å². The number of aryl methyl sites for hydroxylation is 1. The van der Waals surface area contributed by atoms with Gasteiger partial charge in [0.1, 0.15) is 11.8 Å². The minimum Gasteiger partial charge on any atom is -0.453 e. The predicted molar refractivity (Wildman–Crippen MR) is 121 cm³/mol. The van der Waals surface area contributed by atoms with Crippen LogP contribution in [0, 0.1) is 0 Å². The quantitative estimate of drug-likeness (QED) is 0.487. The number of hydrogen-bond donors (Lipinski definition) is 1. The summed E-state index contributed by atoms with van der Waals surface area (Å²) in [6, 6.07) is 2.06. The third kappa shape index (κ3) is 7.54. The molecule has 1 N–H and O–H groups in total. The Morgan fingerprint density at radius 2 is 1.97 bits per heavy atom. The molecule has 0 unspecified atom stereocenters. The van der Waals surface area contributed by atoms with Gasteiger partial charge >= 0.3 is 12.3 Å². The van der Waals surface area contributed by atoms with Crippen LogP contribution in [0.4, 0.5) is 18.0 Å². The highest BCUT2D eigenvalue weighted by Gasteiger charge is 2.42. The second kappa shape index (κ2) is 12.0. The summed E-state index contributed by atoms with van der Waals surface area (Å²) < 4.78 is 56.6. The molecule has 1 aliphatic heterocycles. The van der Waals surface area contributed by atoms with Crippen molar-refractivity contribution in [3.05, 3.63) is 29.1 Å². The van der Waals surface area contributed by atoms with Crippen molar-refractivity contribution in [2.75, 3.05) is 27.4 Å². The summed E-state index contributed by atoms with van der Waals surface area (Å²) in [6.45, 7) is 2.39. The molecule has 3 rings (SSSR count). The molecule has 1 aromatic heterocycles. The standard InChI is InChI=1S/C24H34F3N3O5/c1-15(30(18-9-10-18)22(31)20-8-4-7-19(35-20)14-33-2)16-12-17(6-5-11-28-23(32)34-3)29-21(13-16)24(25,26)27/h12-13,15,18-20H,4-11,14H2,1-3H3,(H,28,32)/t15-,19+,20-/m1/s1. The van der Waals surface area contributed by atoms with Crippen LogP contribution < -0.4 is 5.32 Å². The Balaban J connectivity index is 1.79. The number of alkyl halides is 3. The normalized spacial score (nSPS) is 21.3. The molecular weight excluding hydrogens is 467 g/mol. The zero-order valence-electron chi connectivity index (χ0n) is 20.4. The van der Waals surface area contributed by atoms with E-state index in [-0.39, 0.29) is 36.7 Å². The smallest absolute Gasteiger partial charge is 0.433 e. The van der Waals surface area contributed by atoms with Gasteiger partial charge in [-0.05, 0) is 69.6 Å². The molecule has 11 heteroatoms. The van der Waals surface area contributed by atoms with Gasteiger partial charge in [-0.25, -0.2) is 9.78 Å². The van der Waals surface area contributed by atoms with E-state index in [1.54, 1.807) is 25.0 Å². The van der Waals surface area contributed by atoms with E-state index in [2.05, 4.69) is 15.0 Å². The lowest BCUT2D eigenvalue weighted by Crippen LogP contribution is -2.46. The maximum Gasteiger partial charge on any atom is 0.433 e. The number of pyridine rings is 1. The first-order valence-electron chi connectivity index (χ1n) is 12.0. The van der Waals surface area contributed by atoms with Crippen LogP contribution in [0.1, 0.15) is 68.4 Å². The molecule has 2 fully saturated rings. The van der Waals surface area contributed by atoms with Crippen LogP contribution in [0.25, 0.3) is 0 Å². The number of hydrogen-bond acceptors (Lipinski definition) is 6. The highest BCUT2D eigenvalue weighted by atomic mass is 19.4. The summed E-state index contributed by atoms with van der Waals surface area (Å²) in [7, 11) is 2.82. The van der Waals surface area contributed by atoms with Crippen molar-refractivity contribution in [2.45, 2.75) is 82.3 Å². The maximum atomic E-state index is 13.6. The first-order chi connectivity index (χ1) is 16.6. The topological polar surface area (TPSA) is 90.0 Å². The Bertz CT molecular complexity index is 876. The lowest BCUT2D eigenvalue weighted by molar-refractivity contribution is -0.158. The molecule has 2 aliphatic rings. The summed E-state index contributed by atoms with van der Waals surface area (Å²) >= 11 is 0. The van der Waals surface area contributed by atoms with Crippen molar-refractivity contribution >= 4 is 12.0 Å². The molecule has 1 aromatic rings. The summed E-state index contributed by atoms with van der Waals surface area (Å²) in [5.41, 5.74) is -0.353. The van der Waals surface area contributed by atoms with Crippen LogP contribution in [-0.2, 0) is 31.6 Å². The van der Waals surface area contributed by atoms with Gasteiger partial charge in [0.25, 0.3) is 5.91 Å². The Morgan fingerprint density at radius 3 is 2.60 bits per heavy atom. The predicted octanol–water partition coefficient (Wildman–Crippen LogP) is 4.03.